The monoisotopic (exact) mass is 390 g/mol. The maximum Gasteiger partial charge on any atom is 0.408 e. The van der Waals surface area contributed by atoms with Gasteiger partial charge in [0.25, 0.3) is 0 Å². The minimum Gasteiger partial charge on any atom is -0.448 e. The number of aliphatic imine (C=N–C) groups is 1. The maximum atomic E-state index is 12.1. The van der Waals surface area contributed by atoms with Crippen LogP contribution in [0.25, 0.3) is 0 Å². The van der Waals surface area contributed by atoms with Gasteiger partial charge in [-0.05, 0) is 45.9 Å². The fourth-order valence-electron chi connectivity index (χ4n) is 2.54. The van der Waals surface area contributed by atoms with Crippen molar-refractivity contribution in [3.05, 3.63) is 53.3 Å². The van der Waals surface area contributed by atoms with E-state index >= 15 is 0 Å². The van der Waals surface area contributed by atoms with Crippen LogP contribution in [0.1, 0.15) is 33.4 Å². The first-order chi connectivity index (χ1) is 12.7. The number of amides is 1. The SMILES string of the molecule is CC(NC(=O)OC(C)(C)C)C1Nn2ccc(Cl)c2C(=Nc2ccccc2)O1. The number of benzene rings is 1. The predicted octanol–water partition coefficient (Wildman–Crippen LogP) is 4.03. The van der Waals surface area contributed by atoms with E-state index in [-0.39, 0.29) is 0 Å². The number of aromatic nitrogens is 1. The van der Waals surface area contributed by atoms with Gasteiger partial charge in [-0.3, -0.25) is 10.1 Å². The Morgan fingerprint density at radius 2 is 2.04 bits per heavy atom. The highest BCUT2D eigenvalue weighted by molar-refractivity contribution is 6.33. The Morgan fingerprint density at radius 1 is 1.33 bits per heavy atom. The predicted molar refractivity (Wildman–Crippen MR) is 105 cm³/mol. The van der Waals surface area contributed by atoms with Crippen molar-refractivity contribution in [2.24, 2.45) is 4.99 Å². The van der Waals surface area contributed by atoms with Gasteiger partial charge in [-0.1, -0.05) is 29.8 Å². The Balaban J connectivity index is 1.81. The molecule has 27 heavy (non-hydrogen) atoms. The topological polar surface area (TPSA) is 76.9 Å². The fourth-order valence-corrected chi connectivity index (χ4v) is 2.77. The van der Waals surface area contributed by atoms with Gasteiger partial charge in [0, 0.05) is 6.20 Å². The van der Waals surface area contributed by atoms with Gasteiger partial charge in [-0.2, -0.15) is 0 Å². The van der Waals surface area contributed by atoms with E-state index in [1.165, 1.54) is 0 Å². The van der Waals surface area contributed by atoms with Gasteiger partial charge in [0.15, 0.2) is 0 Å². The minimum atomic E-state index is -0.578. The highest BCUT2D eigenvalue weighted by atomic mass is 35.5. The summed E-state index contributed by atoms with van der Waals surface area (Å²) in [5, 5.41) is 3.30. The average molecular weight is 391 g/mol. The third-order valence-corrected chi connectivity index (χ3v) is 4.03. The van der Waals surface area contributed by atoms with E-state index in [9.17, 15) is 4.79 Å². The Morgan fingerprint density at radius 3 is 2.70 bits per heavy atom. The molecule has 2 heterocycles. The standard InChI is InChI=1S/C19H23ClN4O3/c1-12(21-18(25)27-19(2,3)4)16-23-24-11-10-14(20)15(24)17(26-16)22-13-8-6-5-7-9-13/h5-12,16,23H,1-4H3,(H,21,25). The van der Waals surface area contributed by atoms with Crippen molar-refractivity contribution in [1.82, 2.24) is 9.99 Å². The van der Waals surface area contributed by atoms with Crippen molar-refractivity contribution >= 4 is 29.3 Å². The number of hydrogen-bond donors (Lipinski definition) is 2. The zero-order chi connectivity index (χ0) is 19.6. The summed E-state index contributed by atoms with van der Waals surface area (Å²) in [6, 6.07) is 10.8. The summed E-state index contributed by atoms with van der Waals surface area (Å²) in [4.78, 5) is 16.6. The van der Waals surface area contributed by atoms with Crippen LogP contribution in [0.15, 0.2) is 47.6 Å². The van der Waals surface area contributed by atoms with Gasteiger partial charge in [0.1, 0.15) is 11.3 Å². The number of hydrogen-bond acceptors (Lipinski definition) is 5. The molecule has 0 saturated heterocycles. The normalized spacial score (nSPS) is 18.9. The van der Waals surface area contributed by atoms with Gasteiger partial charge in [-0.15, -0.1) is 0 Å². The van der Waals surface area contributed by atoms with Crippen LogP contribution in [0.3, 0.4) is 0 Å². The summed E-state index contributed by atoms with van der Waals surface area (Å²) in [5.74, 6) is 0.373. The number of carbonyl (C=O) groups excluding carboxylic acids is 1. The van der Waals surface area contributed by atoms with Gasteiger partial charge >= 0.3 is 6.09 Å². The molecular weight excluding hydrogens is 368 g/mol. The van der Waals surface area contributed by atoms with Crippen LogP contribution in [0.2, 0.25) is 5.02 Å². The number of rotatable bonds is 3. The summed E-state index contributed by atoms with van der Waals surface area (Å²) < 4.78 is 13.1. The lowest BCUT2D eigenvalue weighted by molar-refractivity contribution is 0.0451. The molecule has 1 aliphatic heterocycles. The van der Waals surface area contributed by atoms with Crippen molar-refractivity contribution < 1.29 is 14.3 Å². The smallest absolute Gasteiger partial charge is 0.408 e. The molecule has 2 N–H and O–H groups in total. The molecule has 0 bridgehead atoms. The number of ether oxygens (including phenoxy) is 2. The van der Waals surface area contributed by atoms with Crippen LogP contribution in [0.4, 0.5) is 10.5 Å². The Hall–Kier alpha value is -2.67. The van der Waals surface area contributed by atoms with Crippen molar-refractivity contribution in [3.8, 4) is 0 Å². The van der Waals surface area contributed by atoms with E-state index in [1.54, 1.807) is 16.9 Å². The molecule has 8 heteroatoms. The van der Waals surface area contributed by atoms with E-state index in [0.29, 0.717) is 16.6 Å². The zero-order valence-electron chi connectivity index (χ0n) is 15.7. The quantitative estimate of drug-likeness (QED) is 0.829. The number of nitrogens with zero attached hydrogens (tertiary/aromatic N) is 2. The third-order valence-electron chi connectivity index (χ3n) is 3.73. The largest absolute Gasteiger partial charge is 0.448 e. The maximum absolute atomic E-state index is 12.1. The van der Waals surface area contributed by atoms with Crippen LogP contribution in [0.5, 0.6) is 0 Å². The van der Waals surface area contributed by atoms with E-state index in [4.69, 9.17) is 21.1 Å². The van der Waals surface area contributed by atoms with Gasteiger partial charge in [0.2, 0.25) is 12.1 Å². The number of alkyl carbamates (subject to hydrolysis) is 1. The lowest BCUT2D eigenvalue weighted by Gasteiger charge is -2.33. The van der Waals surface area contributed by atoms with Crippen molar-refractivity contribution in [2.75, 3.05) is 5.43 Å². The number of fused-ring (bicyclic) bond motifs is 1. The van der Waals surface area contributed by atoms with Crippen LogP contribution in [-0.4, -0.2) is 34.5 Å². The van der Waals surface area contributed by atoms with Crippen LogP contribution < -0.4 is 10.7 Å². The first-order valence-corrected chi connectivity index (χ1v) is 9.04. The number of halogens is 1. The number of nitrogens with one attached hydrogen (secondary N) is 2. The summed E-state index contributed by atoms with van der Waals surface area (Å²) in [7, 11) is 0. The molecule has 144 valence electrons. The number of para-hydroxylation sites is 1. The minimum absolute atomic E-state index is 0.373. The van der Waals surface area contributed by atoms with E-state index in [2.05, 4.69) is 15.7 Å². The first-order valence-electron chi connectivity index (χ1n) is 8.66. The second-order valence-corrected chi connectivity index (χ2v) is 7.64. The molecule has 1 aromatic heterocycles. The first kappa shape index (κ1) is 19.1. The second-order valence-electron chi connectivity index (χ2n) is 7.24. The molecule has 1 aliphatic rings. The molecule has 2 unspecified atom stereocenters. The van der Waals surface area contributed by atoms with E-state index in [1.807, 2.05) is 58.0 Å². The lowest BCUT2D eigenvalue weighted by atomic mass is 10.2. The Kier molecular flexibility index (Phi) is 5.32. The highest BCUT2D eigenvalue weighted by Gasteiger charge is 2.31. The summed E-state index contributed by atoms with van der Waals surface area (Å²) in [5.41, 5.74) is 3.95. The van der Waals surface area contributed by atoms with Gasteiger partial charge in [-0.25, -0.2) is 9.79 Å². The summed E-state index contributed by atoms with van der Waals surface area (Å²) in [6.07, 6.45) is 0.711. The van der Waals surface area contributed by atoms with Crippen molar-refractivity contribution in [1.29, 1.82) is 0 Å². The summed E-state index contributed by atoms with van der Waals surface area (Å²) >= 11 is 6.29. The van der Waals surface area contributed by atoms with Gasteiger partial charge < -0.3 is 14.8 Å². The highest BCUT2D eigenvalue weighted by Crippen LogP contribution is 2.25. The second kappa shape index (κ2) is 7.52. The van der Waals surface area contributed by atoms with Crippen LogP contribution in [-0.2, 0) is 9.47 Å². The summed E-state index contributed by atoms with van der Waals surface area (Å²) in [6.45, 7) is 7.25. The average Bonchev–Trinajstić information content (AvgIpc) is 2.95. The molecular formula is C19H23ClN4O3. The molecule has 1 aromatic carbocycles. The molecule has 0 saturated carbocycles. The lowest BCUT2D eigenvalue weighted by Crippen LogP contribution is -2.53. The van der Waals surface area contributed by atoms with Crippen molar-refractivity contribution in [2.45, 2.75) is 45.6 Å². The van der Waals surface area contributed by atoms with Crippen LogP contribution >= 0.6 is 11.6 Å². The zero-order valence-corrected chi connectivity index (χ0v) is 16.4. The molecule has 0 spiro atoms. The molecule has 1 amide bonds. The Labute approximate surface area is 163 Å². The molecule has 7 nitrogen and oxygen atoms in total. The van der Waals surface area contributed by atoms with Crippen molar-refractivity contribution in [3.63, 3.8) is 0 Å². The molecule has 3 rings (SSSR count). The van der Waals surface area contributed by atoms with E-state index in [0.717, 1.165) is 5.69 Å². The Bertz CT molecular complexity index is 842. The third kappa shape index (κ3) is 4.74. The molecule has 0 fully saturated rings. The molecule has 0 aliphatic carbocycles. The van der Waals surface area contributed by atoms with E-state index < -0.39 is 24.0 Å². The molecule has 0 radical (unpaired) electrons. The molecule has 2 atom stereocenters. The van der Waals surface area contributed by atoms with Crippen LogP contribution in [0, 0.1) is 0 Å². The fraction of sp³-hybridized carbons (Fsp3) is 0.368. The number of carbonyl (C=O) groups is 1. The van der Waals surface area contributed by atoms with Gasteiger partial charge in [0.05, 0.1) is 16.8 Å². The molecule has 2 aromatic rings.